The highest BCUT2D eigenvalue weighted by atomic mass is 32.1. The van der Waals surface area contributed by atoms with Gasteiger partial charge in [0.25, 0.3) is 5.19 Å². The van der Waals surface area contributed by atoms with Crippen molar-refractivity contribution in [3.8, 4) is 15.8 Å². The van der Waals surface area contributed by atoms with E-state index in [0.717, 1.165) is 28.2 Å². The summed E-state index contributed by atoms with van der Waals surface area (Å²) in [5.74, 6) is 1.41. The predicted molar refractivity (Wildman–Crippen MR) is 85.9 cm³/mol. The van der Waals surface area contributed by atoms with E-state index in [9.17, 15) is 0 Å². The quantitative estimate of drug-likeness (QED) is 0.873. The number of nitrogens with zero attached hydrogens (tertiary/aromatic N) is 3. The van der Waals surface area contributed by atoms with Gasteiger partial charge < -0.3 is 9.64 Å². The van der Waals surface area contributed by atoms with E-state index < -0.39 is 0 Å². The summed E-state index contributed by atoms with van der Waals surface area (Å²) < 4.78 is 6.31. The fourth-order valence-corrected chi connectivity index (χ4v) is 5.45. The van der Waals surface area contributed by atoms with Crippen molar-refractivity contribution < 1.29 is 4.74 Å². The van der Waals surface area contributed by atoms with Crippen LogP contribution >= 0.6 is 11.3 Å². The molecule has 0 amide bonds. The van der Waals surface area contributed by atoms with E-state index in [0.29, 0.717) is 17.4 Å². The van der Waals surface area contributed by atoms with Crippen LogP contribution in [0.15, 0.2) is 30.3 Å². The van der Waals surface area contributed by atoms with Gasteiger partial charge in [0.2, 0.25) is 0 Å². The second-order valence-corrected chi connectivity index (χ2v) is 8.10. The minimum absolute atomic E-state index is 0.349. The summed E-state index contributed by atoms with van der Waals surface area (Å²) in [4.78, 5) is 2.48. The third-order valence-electron chi connectivity index (χ3n) is 5.58. The Balaban J connectivity index is 1.36. The first-order valence-electron chi connectivity index (χ1n) is 7.98. The number of benzene rings is 1. The van der Waals surface area contributed by atoms with Gasteiger partial charge in [-0.05, 0) is 25.3 Å². The molecule has 2 aliphatic carbocycles. The van der Waals surface area contributed by atoms with Crippen molar-refractivity contribution in [2.45, 2.75) is 18.9 Å². The molecule has 0 radical (unpaired) electrons. The predicted octanol–water partition coefficient (Wildman–Crippen LogP) is 2.92. The van der Waals surface area contributed by atoms with Crippen LogP contribution in [-0.4, -0.2) is 41.3 Å². The van der Waals surface area contributed by atoms with Crippen molar-refractivity contribution in [3.05, 3.63) is 30.3 Å². The highest BCUT2D eigenvalue weighted by Gasteiger charge is 2.68. The summed E-state index contributed by atoms with van der Waals surface area (Å²) in [6.07, 6.45) is 3.03. The van der Waals surface area contributed by atoms with Gasteiger partial charge in [0.15, 0.2) is 5.01 Å². The number of ether oxygens (including phenoxy) is 1. The van der Waals surface area contributed by atoms with Crippen LogP contribution in [-0.2, 0) is 0 Å². The van der Waals surface area contributed by atoms with E-state index in [4.69, 9.17) is 4.74 Å². The Morgan fingerprint density at radius 3 is 2.95 bits per heavy atom. The van der Waals surface area contributed by atoms with E-state index in [-0.39, 0.29) is 0 Å². The maximum atomic E-state index is 6.31. The Kier molecular flexibility index (Phi) is 2.68. The molecule has 3 fully saturated rings. The molecule has 3 aliphatic rings. The lowest BCUT2D eigenvalue weighted by Gasteiger charge is -2.33. The van der Waals surface area contributed by atoms with Crippen molar-refractivity contribution in [2.24, 2.45) is 17.3 Å². The molecule has 5 heteroatoms. The van der Waals surface area contributed by atoms with Crippen molar-refractivity contribution in [1.29, 1.82) is 0 Å². The second kappa shape index (κ2) is 4.52. The minimum atomic E-state index is 0.349. The van der Waals surface area contributed by atoms with Gasteiger partial charge in [-0.25, -0.2) is 0 Å². The lowest BCUT2D eigenvalue weighted by atomic mass is 9.91. The zero-order valence-electron chi connectivity index (χ0n) is 12.6. The fourth-order valence-electron chi connectivity index (χ4n) is 4.71. The second-order valence-electron chi connectivity index (χ2n) is 7.16. The molecule has 114 valence electrons. The zero-order valence-corrected chi connectivity index (χ0v) is 13.4. The van der Waals surface area contributed by atoms with Gasteiger partial charge >= 0.3 is 0 Å². The maximum absolute atomic E-state index is 6.31. The highest BCUT2D eigenvalue weighted by molar-refractivity contribution is 7.16. The average Bonchev–Trinajstić information content (AvgIpc) is 2.92. The topological polar surface area (TPSA) is 38.2 Å². The van der Waals surface area contributed by atoms with E-state index in [1.165, 1.54) is 19.4 Å². The van der Waals surface area contributed by atoms with E-state index in [1.807, 2.05) is 18.2 Å². The molecule has 22 heavy (non-hydrogen) atoms. The van der Waals surface area contributed by atoms with Crippen LogP contribution in [0.2, 0.25) is 0 Å². The Bertz CT molecular complexity index is 703. The monoisotopic (exact) mass is 313 g/mol. The molecule has 1 spiro atoms. The van der Waals surface area contributed by atoms with Crippen molar-refractivity contribution in [1.82, 2.24) is 15.1 Å². The summed E-state index contributed by atoms with van der Waals surface area (Å²) in [5, 5.41) is 10.3. The lowest BCUT2D eigenvalue weighted by Crippen LogP contribution is -2.39. The van der Waals surface area contributed by atoms with Gasteiger partial charge in [-0.1, -0.05) is 46.8 Å². The van der Waals surface area contributed by atoms with Crippen LogP contribution in [0.1, 0.15) is 12.8 Å². The van der Waals surface area contributed by atoms with E-state index in [1.54, 1.807) is 11.3 Å². The van der Waals surface area contributed by atoms with Gasteiger partial charge in [-0.15, -0.1) is 5.10 Å². The lowest BCUT2D eigenvalue weighted by molar-refractivity contribution is 0.0950. The molecule has 2 aromatic rings. The fraction of sp³-hybridized carbons (Fsp3) is 0.529. The Hall–Kier alpha value is -1.46. The van der Waals surface area contributed by atoms with Crippen molar-refractivity contribution in [2.75, 3.05) is 20.1 Å². The molecule has 1 aromatic carbocycles. The molecule has 1 aliphatic heterocycles. The molecule has 4 nitrogen and oxygen atoms in total. The molecule has 2 heterocycles. The van der Waals surface area contributed by atoms with Crippen LogP contribution in [0.5, 0.6) is 5.19 Å². The number of hydrogen-bond donors (Lipinski definition) is 0. The molecule has 2 bridgehead atoms. The molecule has 4 atom stereocenters. The van der Waals surface area contributed by atoms with Gasteiger partial charge in [-0.3, -0.25) is 0 Å². The van der Waals surface area contributed by atoms with Gasteiger partial charge in [0.05, 0.1) is 0 Å². The van der Waals surface area contributed by atoms with Gasteiger partial charge in [0.1, 0.15) is 6.10 Å². The smallest absolute Gasteiger partial charge is 0.294 e. The molecule has 1 aromatic heterocycles. The summed E-state index contributed by atoms with van der Waals surface area (Å²) in [5.41, 5.74) is 1.68. The zero-order chi connectivity index (χ0) is 14.7. The third-order valence-corrected chi connectivity index (χ3v) is 6.44. The van der Waals surface area contributed by atoms with Crippen LogP contribution in [0, 0.1) is 17.3 Å². The first-order chi connectivity index (χ1) is 10.7. The number of piperidine rings is 1. The number of likely N-dealkylation sites (tertiary alicyclic amines) is 1. The Morgan fingerprint density at radius 2 is 2.09 bits per heavy atom. The molecule has 1 saturated heterocycles. The standard InChI is InChI=1S/C17H19N3OS/c1-20-9-12-7-17(10-20)8-13(17)14(12)21-16-19-18-15(22-16)11-5-3-2-4-6-11/h2-6,12-14H,7-10H2,1H3. The summed E-state index contributed by atoms with van der Waals surface area (Å²) in [7, 11) is 2.24. The van der Waals surface area contributed by atoms with E-state index >= 15 is 0 Å². The maximum Gasteiger partial charge on any atom is 0.294 e. The molecule has 5 rings (SSSR count). The van der Waals surface area contributed by atoms with Gasteiger partial charge in [-0.2, -0.15) is 0 Å². The number of rotatable bonds is 3. The summed E-state index contributed by atoms with van der Waals surface area (Å²) in [6.45, 7) is 2.41. The molecular formula is C17H19N3OS. The van der Waals surface area contributed by atoms with Crippen LogP contribution in [0.4, 0.5) is 0 Å². The first kappa shape index (κ1) is 13.0. The largest absolute Gasteiger partial charge is 0.465 e. The molecule has 4 unspecified atom stereocenters. The SMILES string of the molecule is CN1CC2CC3(CC3C2Oc2nnc(-c3ccccc3)s2)C1. The molecular weight excluding hydrogens is 294 g/mol. The number of aromatic nitrogens is 2. The third kappa shape index (κ3) is 1.92. The summed E-state index contributed by atoms with van der Waals surface area (Å²) >= 11 is 1.57. The van der Waals surface area contributed by atoms with Gasteiger partial charge in [0, 0.05) is 30.5 Å². The number of hydrogen-bond acceptors (Lipinski definition) is 5. The van der Waals surface area contributed by atoms with Crippen LogP contribution < -0.4 is 4.74 Å². The first-order valence-corrected chi connectivity index (χ1v) is 8.79. The Labute approximate surface area is 134 Å². The minimum Gasteiger partial charge on any atom is -0.465 e. The van der Waals surface area contributed by atoms with E-state index in [2.05, 4.69) is 34.3 Å². The van der Waals surface area contributed by atoms with Crippen LogP contribution in [0.3, 0.4) is 0 Å². The molecule has 0 N–H and O–H groups in total. The summed E-state index contributed by atoms with van der Waals surface area (Å²) in [6, 6.07) is 10.2. The average molecular weight is 313 g/mol. The highest BCUT2D eigenvalue weighted by Crippen LogP contribution is 2.68. The molecule has 2 saturated carbocycles. The van der Waals surface area contributed by atoms with Crippen molar-refractivity contribution >= 4 is 11.3 Å². The normalized spacial score (nSPS) is 36.1. The number of fused-ring (bicyclic) bond motifs is 1. The van der Waals surface area contributed by atoms with Crippen molar-refractivity contribution in [3.63, 3.8) is 0 Å². The van der Waals surface area contributed by atoms with Crippen LogP contribution in [0.25, 0.3) is 10.6 Å². The Morgan fingerprint density at radius 1 is 1.23 bits per heavy atom.